The predicted octanol–water partition coefficient (Wildman–Crippen LogP) is 4.28. The van der Waals surface area contributed by atoms with Crippen LogP contribution < -0.4 is 0 Å². The van der Waals surface area contributed by atoms with Gasteiger partial charge in [-0.15, -0.1) is 0 Å². The van der Waals surface area contributed by atoms with E-state index in [-0.39, 0.29) is 0 Å². The van der Waals surface area contributed by atoms with Crippen LogP contribution in [0.15, 0.2) is 54.6 Å². The number of alkyl halides is 3. The van der Waals surface area contributed by atoms with Crippen molar-refractivity contribution in [2.45, 2.75) is 12.6 Å². The zero-order chi connectivity index (χ0) is 21.6. The zero-order valence-corrected chi connectivity index (χ0v) is 16.6. The Kier molecular flexibility index (Phi) is 7.29. The van der Waals surface area contributed by atoms with E-state index in [0.29, 0.717) is 17.7 Å². The van der Waals surface area contributed by atoms with Crippen LogP contribution in [0.1, 0.15) is 27.0 Å². The second-order valence-electron chi connectivity index (χ2n) is 7.42. The Balaban J connectivity index is 1.40. The molecule has 0 radical (unpaired) electrons. The Morgan fingerprint density at radius 3 is 2.30 bits per heavy atom. The Morgan fingerprint density at radius 2 is 1.67 bits per heavy atom. The summed E-state index contributed by atoms with van der Waals surface area (Å²) < 4.78 is 38.3. The minimum Gasteiger partial charge on any atom is -0.478 e. The van der Waals surface area contributed by atoms with Gasteiger partial charge in [-0.3, -0.25) is 4.90 Å². The highest BCUT2D eigenvalue weighted by Crippen LogP contribution is 2.29. The number of carboxylic acids is 1. The first kappa shape index (κ1) is 22.1. The summed E-state index contributed by atoms with van der Waals surface area (Å²) >= 11 is 0. The molecule has 0 atom stereocenters. The van der Waals surface area contributed by atoms with Crippen LogP contribution in [0.25, 0.3) is 6.08 Å². The van der Waals surface area contributed by atoms with Gasteiger partial charge in [0.15, 0.2) is 0 Å². The molecule has 160 valence electrons. The van der Waals surface area contributed by atoms with Gasteiger partial charge in [-0.25, -0.2) is 4.79 Å². The standard InChI is InChI=1S/C23H25F3N2O2/c24-23(25,26)21-5-1-3-19(17-21)4-2-11-27-13-15-28(16-14-27)12-10-18-6-8-20(9-7-18)22(29)30/h1-9,17H,10-16H2,(H,29,30). The van der Waals surface area contributed by atoms with Crippen molar-refractivity contribution in [1.82, 2.24) is 9.80 Å². The smallest absolute Gasteiger partial charge is 0.416 e. The fourth-order valence-corrected chi connectivity index (χ4v) is 3.45. The van der Waals surface area contributed by atoms with E-state index in [2.05, 4.69) is 9.80 Å². The highest BCUT2D eigenvalue weighted by Gasteiger charge is 2.30. The van der Waals surface area contributed by atoms with E-state index in [1.54, 1.807) is 24.3 Å². The molecule has 2 aromatic carbocycles. The van der Waals surface area contributed by atoms with E-state index in [0.717, 1.165) is 56.8 Å². The van der Waals surface area contributed by atoms with Crippen molar-refractivity contribution in [3.8, 4) is 0 Å². The Morgan fingerprint density at radius 1 is 1.00 bits per heavy atom. The average Bonchev–Trinajstić information content (AvgIpc) is 2.73. The molecule has 0 aromatic heterocycles. The molecule has 0 aliphatic carbocycles. The van der Waals surface area contributed by atoms with Crippen molar-refractivity contribution in [1.29, 1.82) is 0 Å². The second-order valence-corrected chi connectivity index (χ2v) is 7.42. The van der Waals surface area contributed by atoms with E-state index < -0.39 is 17.7 Å². The Hall–Kier alpha value is -2.64. The molecule has 1 N–H and O–H groups in total. The molecule has 1 aliphatic heterocycles. The number of carboxylic acid groups (broad SMARTS) is 1. The van der Waals surface area contributed by atoms with Crippen LogP contribution in [-0.4, -0.2) is 60.1 Å². The van der Waals surface area contributed by atoms with E-state index in [9.17, 15) is 18.0 Å². The molecule has 0 spiro atoms. The Labute approximate surface area is 174 Å². The van der Waals surface area contributed by atoms with Gasteiger partial charge in [0.05, 0.1) is 11.1 Å². The van der Waals surface area contributed by atoms with Gasteiger partial charge >= 0.3 is 12.1 Å². The molecule has 0 saturated carbocycles. The third-order valence-corrected chi connectivity index (χ3v) is 5.27. The molecule has 1 heterocycles. The zero-order valence-electron chi connectivity index (χ0n) is 16.6. The summed E-state index contributed by atoms with van der Waals surface area (Å²) in [7, 11) is 0. The minimum absolute atomic E-state index is 0.297. The van der Waals surface area contributed by atoms with Crippen LogP contribution in [0.3, 0.4) is 0 Å². The lowest BCUT2D eigenvalue weighted by molar-refractivity contribution is -0.137. The van der Waals surface area contributed by atoms with Crippen molar-refractivity contribution < 1.29 is 23.1 Å². The van der Waals surface area contributed by atoms with E-state index >= 15 is 0 Å². The fourth-order valence-electron chi connectivity index (χ4n) is 3.45. The molecule has 3 rings (SSSR count). The van der Waals surface area contributed by atoms with Gasteiger partial charge in [0.1, 0.15) is 0 Å². The summed E-state index contributed by atoms with van der Waals surface area (Å²) in [6, 6.07) is 12.3. The van der Waals surface area contributed by atoms with Crippen LogP contribution in [0, 0.1) is 0 Å². The first-order valence-electron chi connectivity index (χ1n) is 9.92. The average molecular weight is 418 g/mol. The normalized spacial score (nSPS) is 16.2. The van der Waals surface area contributed by atoms with Crippen LogP contribution in [0.2, 0.25) is 0 Å². The molecular formula is C23H25F3N2O2. The molecule has 0 bridgehead atoms. The summed E-state index contributed by atoms with van der Waals surface area (Å²) in [5, 5.41) is 8.94. The molecular weight excluding hydrogens is 393 g/mol. The number of benzene rings is 2. The summed E-state index contributed by atoms with van der Waals surface area (Å²) in [6.45, 7) is 5.31. The van der Waals surface area contributed by atoms with E-state index in [1.165, 1.54) is 6.07 Å². The monoisotopic (exact) mass is 418 g/mol. The van der Waals surface area contributed by atoms with Crippen LogP contribution in [-0.2, 0) is 12.6 Å². The van der Waals surface area contributed by atoms with Gasteiger partial charge in [-0.2, -0.15) is 13.2 Å². The van der Waals surface area contributed by atoms with Gasteiger partial charge in [0.2, 0.25) is 0 Å². The van der Waals surface area contributed by atoms with Crippen LogP contribution >= 0.6 is 0 Å². The van der Waals surface area contributed by atoms with Crippen molar-refractivity contribution >= 4 is 12.0 Å². The molecule has 0 amide bonds. The number of nitrogens with zero attached hydrogens (tertiary/aromatic N) is 2. The highest BCUT2D eigenvalue weighted by atomic mass is 19.4. The lowest BCUT2D eigenvalue weighted by Gasteiger charge is -2.34. The third kappa shape index (κ3) is 6.43. The number of carbonyl (C=O) groups is 1. The largest absolute Gasteiger partial charge is 0.478 e. The molecule has 4 nitrogen and oxygen atoms in total. The molecule has 1 aliphatic rings. The van der Waals surface area contributed by atoms with Gasteiger partial charge in [-0.05, 0) is 41.8 Å². The highest BCUT2D eigenvalue weighted by molar-refractivity contribution is 5.87. The maximum absolute atomic E-state index is 12.8. The SMILES string of the molecule is O=C(O)c1ccc(CCN2CCN(CC=Cc3cccc(C(F)(F)F)c3)CC2)cc1. The van der Waals surface area contributed by atoms with E-state index in [4.69, 9.17) is 5.11 Å². The van der Waals surface area contributed by atoms with Crippen molar-refractivity contribution in [2.24, 2.45) is 0 Å². The van der Waals surface area contributed by atoms with Gasteiger partial charge < -0.3 is 10.0 Å². The lowest BCUT2D eigenvalue weighted by atomic mass is 10.1. The lowest BCUT2D eigenvalue weighted by Crippen LogP contribution is -2.46. The Bertz CT molecular complexity index is 871. The van der Waals surface area contributed by atoms with Crippen molar-refractivity contribution in [3.63, 3.8) is 0 Å². The van der Waals surface area contributed by atoms with Crippen molar-refractivity contribution in [2.75, 3.05) is 39.3 Å². The van der Waals surface area contributed by atoms with Gasteiger partial charge in [0, 0.05) is 39.3 Å². The van der Waals surface area contributed by atoms with Gasteiger partial charge in [0.25, 0.3) is 0 Å². The third-order valence-electron chi connectivity index (χ3n) is 5.27. The summed E-state index contributed by atoms with van der Waals surface area (Å²) in [4.78, 5) is 15.5. The minimum atomic E-state index is -4.32. The number of piperazine rings is 1. The summed E-state index contributed by atoms with van der Waals surface area (Å²) in [5.74, 6) is -0.917. The molecule has 2 aromatic rings. The van der Waals surface area contributed by atoms with Crippen molar-refractivity contribution in [3.05, 3.63) is 76.9 Å². The first-order valence-corrected chi connectivity index (χ1v) is 9.92. The molecule has 1 fully saturated rings. The molecule has 7 heteroatoms. The van der Waals surface area contributed by atoms with Gasteiger partial charge in [-0.1, -0.05) is 36.4 Å². The molecule has 30 heavy (non-hydrogen) atoms. The van der Waals surface area contributed by atoms with Crippen LogP contribution in [0.5, 0.6) is 0 Å². The number of halogens is 3. The molecule has 0 unspecified atom stereocenters. The predicted molar refractivity (Wildman–Crippen MR) is 110 cm³/mol. The number of rotatable bonds is 7. The molecule has 1 saturated heterocycles. The fraction of sp³-hybridized carbons (Fsp3) is 0.348. The summed E-state index contributed by atoms with van der Waals surface area (Å²) in [5.41, 5.74) is 1.34. The van der Waals surface area contributed by atoms with E-state index in [1.807, 2.05) is 18.2 Å². The topological polar surface area (TPSA) is 43.8 Å². The number of hydrogen-bond donors (Lipinski definition) is 1. The first-order chi connectivity index (χ1) is 14.3. The maximum atomic E-state index is 12.8. The number of hydrogen-bond acceptors (Lipinski definition) is 3. The summed E-state index contributed by atoms with van der Waals surface area (Å²) in [6.07, 6.45) is 0.200. The number of aromatic carboxylic acids is 1. The quantitative estimate of drug-likeness (QED) is 0.729. The second kappa shape index (κ2) is 9.91. The maximum Gasteiger partial charge on any atom is 0.416 e. The van der Waals surface area contributed by atoms with Crippen LogP contribution in [0.4, 0.5) is 13.2 Å².